The molecule has 0 saturated heterocycles. The van der Waals surface area contributed by atoms with Crippen molar-refractivity contribution in [3.05, 3.63) is 67.9 Å². The van der Waals surface area contributed by atoms with Crippen LogP contribution in [0.2, 0.25) is 10.0 Å². The number of rotatable bonds is 3. The zero-order valence-electron chi connectivity index (χ0n) is 9.63. The van der Waals surface area contributed by atoms with Crippen LogP contribution >= 0.6 is 39.1 Å². The Morgan fingerprint density at radius 1 is 1.16 bits per heavy atom. The molecule has 0 saturated carbocycles. The minimum Gasteiger partial charge on any atom is -0.271 e. The first kappa shape index (κ1) is 14.8. The molecular weight excluding hydrogens is 354 g/mol. The molecule has 0 radical (unpaired) electrons. The van der Waals surface area contributed by atoms with Crippen molar-refractivity contribution in [2.45, 2.75) is 6.04 Å². The standard InChI is InChI=1S/C13H10BrCl2FN2/c14-7-4-5-11(17)9(6-7)13(19-18)8-2-1-3-10(15)12(8)16/h1-6,13,19H,18H2. The van der Waals surface area contributed by atoms with E-state index in [2.05, 4.69) is 21.4 Å². The average Bonchev–Trinajstić information content (AvgIpc) is 2.39. The van der Waals surface area contributed by atoms with Crippen molar-refractivity contribution in [2.24, 2.45) is 5.84 Å². The summed E-state index contributed by atoms with van der Waals surface area (Å²) in [6, 6.07) is 9.20. The summed E-state index contributed by atoms with van der Waals surface area (Å²) in [5, 5.41) is 0.751. The van der Waals surface area contributed by atoms with Crippen LogP contribution in [0.25, 0.3) is 0 Å². The zero-order valence-corrected chi connectivity index (χ0v) is 12.7. The van der Waals surface area contributed by atoms with Gasteiger partial charge in [-0.25, -0.2) is 9.82 Å². The van der Waals surface area contributed by atoms with E-state index in [0.29, 0.717) is 21.2 Å². The minimum absolute atomic E-state index is 0.353. The quantitative estimate of drug-likeness (QED) is 0.624. The van der Waals surface area contributed by atoms with Crippen molar-refractivity contribution < 1.29 is 4.39 Å². The molecule has 0 bridgehead atoms. The van der Waals surface area contributed by atoms with Gasteiger partial charge in [-0.15, -0.1) is 0 Å². The van der Waals surface area contributed by atoms with Crippen LogP contribution in [-0.2, 0) is 0 Å². The van der Waals surface area contributed by atoms with E-state index in [1.165, 1.54) is 6.07 Å². The predicted molar refractivity (Wildman–Crippen MR) is 79.7 cm³/mol. The van der Waals surface area contributed by atoms with Gasteiger partial charge in [0.1, 0.15) is 5.82 Å². The summed E-state index contributed by atoms with van der Waals surface area (Å²) in [4.78, 5) is 0. The van der Waals surface area contributed by atoms with E-state index < -0.39 is 6.04 Å². The molecule has 1 unspecified atom stereocenters. The summed E-state index contributed by atoms with van der Waals surface area (Å²) < 4.78 is 14.7. The van der Waals surface area contributed by atoms with Gasteiger partial charge in [0.15, 0.2) is 0 Å². The lowest BCUT2D eigenvalue weighted by Crippen LogP contribution is -2.29. The van der Waals surface area contributed by atoms with Gasteiger partial charge in [0.25, 0.3) is 0 Å². The summed E-state index contributed by atoms with van der Waals surface area (Å²) in [5.41, 5.74) is 3.58. The Balaban J connectivity index is 2.56. The second kappa shape index (κ2) is 6.20. The number of hydrazine groups is 1. The van der Waals surface area contributed by atoms with Crippen molar-refractivity contribution in [1.29, 1.82) is 0 Å². The van der Waals surface area contributed by atoms with E-state index in [1.807, 2.05) is 0 Å². The van der Waals surface area contributed by atoms with Crippen LogP contribution in [0.4, 0.5) is 4.39 Å². The molecule has 0 aromatic heterocycles. The summed E-state index contributed by atoms with van der Waals surface area (Å²) in [7, 11) is 0. The van der Waals surface area contributed by atoms with Crippen molar-refractivity contribution >= 4 is 39.1 Å². The molecule has 0 aliphatic heterocycles. The van der Waals surface area contributed by atoms with Crippen molar-refractivity contribution in [3.63, 3.8) is 0 Å². The molecule has 0 fully saturated rings. The normalized spacial score (nSPS) is 12.5. The fraction of sp³-hybridized carbons (Fsp3) is 0.0769. The van der Waals surface area contributed by atoms with E-state index in [-0.39, 0.29) is 5.82 Å². The molecular formula is C13H10BrCl2FN2. The number of hydrogen-bond acceptors (Lipinski definition) is 2. The summed E-state index contributed by atoms with van der Waals surface area (Å²) in [5.74, 6) is 5.17. The largest absolute Gasteiger partial charge is 0.271 e. The first-order valence-corrected chi connectivity index (χ1v) is 6.94. The van der Waals surface area contributed by atoms with Gasteiger partial charge >= 0.3 is 0 Å². The van der Waals surface area contributed by atoms with Crippen molar-refractivity contribution in [2.75, 3.05) is 0 Å². The third-order valence-electron chi connectivity index (χ3n) is 2.73. The molecule has 0 aliphatic carbocycles. The highest BCUT2D eigenvalue weighted by Crippen LogP contribution is 2.34. The summed E-state index contributed by atoms with van der Waals surface area (Å²) >= 11 is 15.4. The molecule has 0 heterocycles. The molecule has 2 rings (SSSR count). The molecule has 6 heteroatoms. The lowest BCUT2D eigenvalue weighted by molar-refractivity contribution is 0.560. The van der Waals surface area contributed by atoms with Gasteiger partial charge in [-0.3, -0.25) is 5.84 Å². The highest BCUT2D eigenvalue weighted by Gasteiger charge is 2.20. The number of halogens is 4. The summed E-state index contributed by atoms with van der Waals surface area (Å²) in [6.07, 6.45) is 0. The number of nitrogens with one attached hydrogen (secondary N) is 1. The topological polar surface area (TPSA) is 38.0 Å². The lowest BCUT2D eigenvalue weighted by atomic mass is 9.99. The lowest BCUT2D eigenvalue weighted by Gasteiger charge is -2.19. The van der Waals surface area contributed by atoms with Crippen LogP contribution in [0.1, 0.15) is 17.2 Å². The van der Waals surface area contributed by atoms with Crippen LogP contribution in [0.3, 0.4) is 0 Å². The van der Waals surface area contributed by atoms with E-state index >= 15 is 0 Å². The Hall–Kier alpha value is -0.650. The Kier molecular flexibility index (Phi) is 4.81. The molecule has 3 N–H and O–H groups in total. The second-order valence-corrected chi connectivity index (χ2v) is 5.61. The molecule has 0 spiro atoms. The number of hydrogen-bond donors (Lipinski definition) is 2. The Morgan fingerprint density at radius 3 is 2.58 bits per heavy atom. The molecule has 19 heavy (non-hydrogen) atoms. The number of nitrogens with two attached hydrogens (primary N) is 1. The van der Waals surface area contributed by atoms with Gasteiger partial charge in [-0.1, -0.05) is 51.3 Å². The van der Waals surface area contributed by atoms with Crippen LogP contribution < -0.4 is 11.3 Å². The fourth-order valence-electron chi connectivity index (χ4n) is 1.83. The van der Waals surface area contributed by atoms with Crippen molar-refractivity contribution in [1.82, 2.24) is 5.43 Å². The van der Waals surface area contributed by atoms with Gasteiger partial charge in [-0.2, -0.15) is 0 Å². The van der Waals surface area contributed by atoms with Gasteiger partial charge in [0.05, 0.1) is 16.1 Å². The van der Waals surface area contributed by atoms with E-state index in [1.54, 1.807) is 30.3 Å². The monoisotopic (exact) mass is 362 g/mol. The third-order valence-corrected chi connectivity index (χ3v) is 4.05. The van der Waals surface area contributed by atoms with Crippen LogP contribution in [0, 0.1) is 5.82 Å². The Morgan fingerprint density at radius 2 is 1.89 bits per heavy atom. The van der Waals surface area contributed by atoms with Crippen LogP contribution in [0.15, 0.2) is 40.9 Å². The van der Waals surface area contributed by atoms with Gasteiger partial charge in [0.2, 0.25) is 0 Å². The maximum Gasteiger partial charge on any atom is 0.128 e. The second-order valence-electron chi connectivity index (χ2n) is 3.91. The molecule has 100 valence electrons. The van der Waals surface area contributed by atoms with Crippen molar-refractivity contribution in [3.8, 4) is 0 Å². The highest BCUT2D eigenvalue weighted by molar-refractivity contribution is 9.10. The van der Waals surface area contributed by atoms with Gasteiger partial charge in [-0.05, 0) is 29.8 Å². The molecule has 2 nitrogen and oxygen atoms in total. The molecule has 0 amide bonds. The predicted octanol–water partition coefficient (Wildman–Crippen LogP) is 4.45. The Bertz CT molecular complexity index is 605. The average molecular weight is 364 g/mol. The zero-order chi connectivity index (χ0) is 14.0. The molecule has 0 aliphatic rings. The van der Waals surface area contributed by atoms with Crippen LogP contribution in [0.5, 0.6) is 0 Å². The minimum atomic E-state index is -0.580. The number of benzene rings is 2. The highest BCUT2D eigenvalue weighted by atomic mass is 79.9. The first-order valence-electron chi connectivity index (χ1n) is 5.39. The first-order chi connectivity index (χ1) is 9.04. The van der Waals surface area contributed by atoms with E-state index in [4.69, 9.17) is 29.0 Å². The van der Waals surface area contributed by atoms with Gasteiger partial charge in [0, 0.05) is 10.0 Å². The maximum atomic E-state index is 13.9. The van der Waals surface area contributed by atoms with E-state index in [9.17, 15) is 4.39 Å². The third kappa shape index (κ3) is 3.09. The van der Waals surface area contributed by atoms with Crippen LogP contribution in [-0.4, -0.2) is 0 Å². The van der Waals surface area contributed by atoms with E-state index in [0.717, 1.165) is 4.47 Å². The Labute approximate surface area is 128 Å². The van der Waals surface area contributed by atoms with Gasteiger partial charge < -0.3 is 0 Å². The molecule has 2 aromatic rings. The maximum absolute atomic E-state index is 13.9. The fourth-order valence-corrected chi connectivity index (χ4v) is 2.62. The SMILES string of the molecule is NNC(c1cc(Br)ccc1F)c1cccc(Cl)c1Cl. The molecule has 1 atom stereocenters. The smallest absolute Gasteiger partial charge is 0.128 e. The summed E-state index contributed by atoms with van der Waals surface area (Å²) in [6.45, 7) is 0. The molecule has 2 aromatic carbocycles.